The molecule has 0 aromatic rings. The number of unbranched alkanes of at least 4 members (excludes halogenated alkanes) is 2. The van der Waals surface area contributed by atoms with E-state index in [4.69, 9.17) is 0 Å². The maximum absolute atomic E-state index is 3.75. The van der Waals surface area contributed by atoms with Crippen molar-refractivity contribution in [1.29, 1.82) is 0 Å². The molecule has 14 heavy (non-hydrogen) atoms. The highest BCUT2D eigenvalue weighted by molar-refractivity contribution is 4.92. The van der Waals surface area contributed by atoms with E-state index in [1.165, 1.54) is 19.3 Å². The quantitative estimate of drug-likeness (QED) is 0.380. The fourth-order valence-corrected chi connectivity index (χ4v) is 1.14. The molecule has 0 rings (SSSR count). The zero-order chi connectivity index (χ0) is 10.5. The lowest BCUT2D eigenvalue weighted by Gasteiger charge is -1.89. The Labute approximate surface area is 89.4 Å². The van der Waals surface area contributed by atoms with Crippen molar-refractivity contribution in [2.45, 2.75) is 45.4 Å². The van der Waals surface area contributed by atoms with Crippen molar-refractivity contribution in [2.75, 3.05) is 0 Å². The third-order valence-electron chi connectivity index (χ3n) is 1.92. The van der Waals surface area contributed by atoms with Crippen LogP contribution in [0.4, 0.5) is 0 Å². The van der Waals surface area contributed by atoms with E-state index in [2.05, 4.69) is 50.3 Å². The van der Waals surface area contributed by atoms with E-state index in [0.29, 0.717) is 0 Å². The molecule has 0 saturated heterocycles. The smallest absolute Gasteiger partial charge is 0.0169 e. The Balaban J connectivity index is 3.18. The third kappa shape index (κ3) is 11.2. The fraction of sp³-hybridized carbons (Fsp3) is 0.500. The molecule has 0 spiro atoms. The van der Waals surface area contributed by atoms with Gasteiger partial charge in [-0.3, -0.25) is 0 Å². The van der Waals surface area contributed by atoms with Crippen molar-refractivity contribution < 1.29 is 0 Å². The second-order valence-electron chi connectivity index (χ2n) is 3.28. The molecule has 0 saturated carbocycles. The zero-order valence-electron chi connectivity index (χ0n) is 9.41. The van der Waals surface area contributed by atoms with Gasteiger partial charge >= 0.3 is 0 Å². The van der Waals surface area contributed by atoms with Crippen molar-refractivity contribution in [3.8, 4) is 0 Å². The van der Waals surface area contributed by atoms with Crippen LogP contribution < -0.4 is 0 Å². The zero-order valence-corrected chi connectivity index (χ0v) is 9.41. The van der Waals surface area contributed by atoms with Gasteiger partial charge in [0.25, 0.3) is 0 Å². The number of hydrogen-bond donors (Lipinski definition) is 0. The van der Waals surface area contributed by atoms with Gasteiger partial charge in [-0.2, -0.15) is 0 Å². The van der Waals surface area contributed by atoms with Crippen LogP contribution in [0.2, 0.25) is 0 Å². The van der Waals surface area contributed by atoms with Crippen molar-refractivity contribution >= 4 is 0 Å². The Bertz CT molecular complexity index is 172. The van der Waals surface area contributed by atoms with Gasteiger partial charge in [0, 0.05) is 0 Å². The highest BCUT2D eigenvalue weighted by Gasteiger charge is 1.79. The number of hydrogen-bond acceptors (Lipinski definition) is 0. The van der Waals surface area contributed by atoms with Crippen LogP contribution in [0, 0.1) is 6.92 Å². The molecule has 0 aromatic carbocycles. The molecule has 0 heteroatoms. The summed E-state index contributed by atoms with van der Waals surface area (Å²) in [5.74, 6) is 0. The summed E-state index contributed by atoms with van der Waals surface area (Å²) in [4.78, 5) is 0. The van der Waals surface area contributed by atoms with E-state index in [0.717, 1.165) is 19.3 Å². The maximum atomic E-state index is 3.75. The summed E-state index contributed by atoms with van der Waals surface area (Å²) >= 11 is 0. The van der Waals surface area contributed by atoms with E-state index >= 15 is 0 Å². The van der Waals surface area contributed by atoms with Gasteiger partial charge in [-0.15, -0.1) is 0 Å². The van der Waals surface area contributed by atoms with E-state index in [9.17, 15) is 0 Å². The monoisotopic (exact) mass is 191 g/mol. The maximum Gasteiger partial charge on any atom is -0.0169 e. The molecule has 0 aromatic heterocycles. The van der Waals surface area contributed by atoms with E-state index in [1.807, 2.05) is 0 Å². The predicted molar refractivity (Wildman–Crippen MR) is 66.2 cm³/mol. The molecule has 0 unspecified atom stereocenters. The first-order valence-corrected chi connectivity index (χ1v) is 5.66. The van der Waals surface area contributed by atoms with Crippen LogP contribution in [0.3, 0.4) is 0 Å². The van der Waals surface area contributed by atoms with Crippen LogP contribution in [-0.4, -0.2) is 0 Å². The summed E-state index contributed by atoms with van der Waals surface area (Å²) in [5.41, 5.74) is 0. The van der Waals surface area contributed by atoms with Crippen molar-refractivity contribution in [2.24, 2.45) is 0 Å². The summed E-state index contributed by atoms with van der Waals surface area (Å²) in [7, 11) is 0. The van der Waals surface area contributed by atoms with Crippen LogP contribution in [0.25, 0.3) is 0 Å². The second kappa shape index (κ2) is 12.2. The van der Waals surface area contributed by atoms with Gasteiger partial charge in [-0.1, -0.05) is 43.4 Å². The van der Waals surface area contributed by atoms with E-state index in [1.54, 1.807) is 0 Å². The Morgan fingerprint density at radius 2 is 1.50 bits per heavy atom. The second-order valence-corrected chi connectivity index (χ2v) is 3.28. The molecule has 0 bridgehead atoms. The molecule has 0 heterocycles. The lowest BCUT2D eigenvalue weighted by Crippen LogP contribution is -1.69. The fourth-order valence-electron chi connectivity index (χ4n) is 1.14. The highest BCUT2D eigenvalue weighted by Crippen LogP contribution is 1.99. The van der Waals surface area contributed by atoms with Gasteiger partial charge in [0.1, 0.15) is 0 Å². The van der Waals surface area contributed by atoms with E-state index < -0.39 is 0 Å². The van der Waals surface area contributed by atoms with Gasteiger partial charge in [0.15, 0.2) is 0 Å². The molecular formula is C14H23. The third-order valence-corrected chi connectivity index (χ3v) is 1.92. The highest BCUT2D eigenvalue weighted by atomic mass is 13.9. The van der Waals surface area contributed by atoms with Gasteiger partial charge in [-0.25, -0.2) is 0 Å². The van der Waals surface area contributed by atoms with Crippen molar-refractivity contribution in [1.82, 2.24) is 0 Å². The lowest BCUT2D eigenvalue weighted by molar-refractivity contribution is 0.864. The van der Waals surface area contributed by atoms with Gasteiger partial charge < -0.3 is 0 Å². The molecule has 0 aliphatic carbocycles. The van der Waals surface area contributed by atoms with Crippen LogP contribution in [0.5, 0.6) is 0 Å². The number of allylic oxidation sites excluding steroid dienone is 6. The molecule has 0 nitrogen and oxygen atoms in total. The largest absolute Gasteiger partial charge is 0.0885 e. The summed E-state index contributed by atoms with van der Waals surface area (Å²) in [6, 6.07) is 0. The Morgan fingerprint density at radius 1 is 0.857 bits per heavy atom. The molecule has 0 atom stereocenters. The molecule has 0 aliphatic heterocycles. The molecule has 0 N–H and O–H groups in total. The minimum Gasteiger partial charge on any atom is -0.0885 e. The Morgan fingerprint density at radius 3 is 2.14 bits per heavy atom. The summed E-state index contributed by atoms with van der Waals surface area (Å²) in [6.07, 6.45) is 20.1. The molecule has 0 aliphatic rings. The first-order chi connectivity index (χ1) is 6.91. The first kappa shape index (κ1) is 13.2. The molecule has 0 amide bonds. The van der Waals surface area contributed by atoms with Gasteiger partial charge in [0.05, 0.1) is 0 Å². The standard InChI is InChI=1S/C14H23/c1-3-5-7-9-11-13-14-12-10-8-6-4-2/h5-8,12,14H,1,3-4,9-11,13H2,2H3/b7-5+,8-6-,14-12-. The van der Waals surface area contributed by atoms with Gasteiger partial charge in [-0.05, 0) is 45.4 Å². The lowest BCUT2D eigenvalue weighted by atomic mass is 10.2. The van der Waals surface area contributed by atoms with Crippen LogP contribution >= 0.6 is 0 Å². The average Bonchev–Trinajstić information content (AvgIpc) is 2.21. The normalized spacial score (nSPS) is 12.4. The molecule has 79 valence electrons. The van der Waals surface area contributed by atoms with Crippen LogP contribution in [0.15, 0.2) is 36.5 Å². The Hall–Kier alpha value is -0.780. The van der Waals surface area contributed by atoms with Gasteiger partial charge in [0.2, 0.25) is 0 Å². The van der Waals surface area contributed by atoms with Crippen molar-refractivity contribution in [3.05, 3.63) is 43.4 Å². The van der Waals surface area contributed by atoms with Crippen molar-refractivity contribution in [3.63, 3.8) is 0 Å². The first-order valence-electron chi connectivity index (χ1n) is 5.66. The van der Waals surface area contributed by atoms with Crippen LogP contribution in [-0.2, 0) is 0 Å². The summed E-state index contributed by atoms with van der Waals surface area (Å²) in [5, 5.41) is 0. The minimum atomic E-state index is 0.914. The van der Waals surface area contributed by atoms with E-state index in [-0.39, 0.29) is 0 Å². The molecule has 0 fully saturated rings. The Kier molecular flexibility index (Phi) is 11.5. The topological polar surface area (TPSA) is 0 Å². The summed E-state index contributed by atoms with van der Waals surface area (Å²) < 4.78 is 0. The average molecular weight is 191 g/mol. The summed E-state index contributed by atoms with van der Waals surface area (Å²) in [6.45, 7) is 5.91. The predicted octanol–water partition coefficient (Wildman–Crippen LogP) is 4.85. The molecule has 1 radical (unpaired) electrons. The number of rotatable bonds is 8. The SMILES string of the molecule is [CH2]C/C=C/CCC/C=C\C/C=C\CC. The minimum absolute atomic E-state index is 0.914. The molecular weight excluding hydrogens is 168 g/mol. The van der Waals surface area contributed by atoms with Crippen LogP contribution in [0.1, 0.15) is 45.4 Å².